The smallest absolute Gasteiger partial charge is 0.0681 e. The van der Waals surface area contributed by atoms with E-state index in [4.69, 9.17) is 5.11 Å². The molecule has 4 heteroatoms. The maximum atomic E-state index is 8.96. The second-order valence-electron chi connectivity index (χ2n) is 4.48. The zero-order chi connectivity index (χ0) is 13.0. The lowest BCUT2D eigenvalue weighted by Gasteiger charge is -2.06. The van der Waals surface area contributed by atoms with Gasteiger partial charge in [0.25, 0.3) is 0 Å². The number of nitrogens with one attached hydrogen (secondary N) is 1. The van der Waals surface area contributed by atoms with Crippen molar-refractivity contribution in [3.63, 3.8) is 0 Å². The van der Waals surface area contributed by atoms with Crippen LogP contribution in [0.25, 0.3) is 0 Å². The number of nitrogens with zero attached hydrogens (tertiary/aromatic N) is 2. The van der Waals surface area contributed by atoms with Gasteiger partial charge in [0.1, 0.15) is 0 Å². The van der Waals surface area contributed by atoms with Crippen molar-refractivity contribution in [2.75, 3.05) is 0 Å². The fourth-order valence-electron chi connectivity index (χ4n) is 1.93. The Hall–Kier alpha value is -1.65. The highest BCUT2D eigenvalue weighted by molar-refractivity contribution is 5.21. The predicted octanol–water partition coefficient (Wildman–Crippen LogP) is 1.51. The molecular formula is C14H19N3O. The van der Waals surface area contributed by atoms with E-state index in [1.54, 1.807) is 0 Å². The zero-order valence-electron chi connectivity index (χ0n) is 10.8. The normalized spacial score (nSPS) is 10.8. The first-order valence-electron chi connectivity index (χ1n) is 6.08. The Kier molecular flexibility index (Phi) is 4.12. The number of hydrogen-bond donors (Lipinski definition) is 2. The highest BCUT2D eigenvalue weighted by Gasteiger charge is 2.01. The van der Waals surface area contributed by atoms with Gasteiger partial charge in [-0.05, 0) is 24.1 Å². The van der Waals surface area contributed by atoms with Gasteiger partial charge in [-0.2, -0.15) is 5.10 Å². The molecule has 0 unspecified atom stereocenters. The van der Waals surface area contributed by atoms with Crippen LogP contribution in [0.5, 0.6) is 0 Å². The average molecular weight is 245 g/mol. The number of benzene rings is 1. The number of aryl methyl sites for hydroxylation is 2. The summed E-state index contributed by atoms with van der Waals surface area (Å²) in [6.07, 6.45) is 0. The molecule has 0 radical (unpaired) electrons. The zero-order valence-corrected chi connectivity index (χ0v) is 10.8. The van der Waals surface area contributed by atoms with Crippen molar-refractivity contribution in [1.82, 2.24) is 15.1 Å². The van der Waals surface area contributed by atoms with Crippen LogP contribution in [0.15, 0.2) is 30.3 Å². The number of rotatable bonds is 5. The van der Waals surface area contributed by atoms with Crippen LogP contribution >= 0.6 is 0 Å². The van der Waals surface area contributed by atoms with E-state index in [1.807, 2.05) is 42.9 Å². The van der Waals surface area contributed by atoms with E-state index in [2.05, 4.69) is 16.5 Å². The van der Waals surface area contributed by atoms with Gasteiger partial charge in [0, 0.05) is 20.1 Å². The molecule has 1 aromatic heterocycles. The highest BCUT2D eigenvalue weighted by atomic mass is 16.3. The molecule has 0 bridgehead atoms. The maximum absolute atomic E-state index is 8.96. The van der Waals surface area contributed by atoms with Crippen LogP contribution in [0.1, 0.15) is 22.5 Å². The summed E-state index contributed by atoms with van der Waals surface area (Å²) in [6.45, 7) is 3.72. The van der Waals surface area contributed by atoms with E-state index < -0.39 is 0 Å². The van der Waals surface area contributed by atoms with E-state index in [9.17, 15) is 0 Å². The molecule has 1 heterocycles. The fourth-order valence-corrected chi connectivity index (χ4v) is 1.93. The van der Waals surface area contributed by atoms with E-state index in [1.165, 1.54) is 11.3 Å². The third kappa shape index (κ3) is 3.18. The summed E-state index contributed by atoms with van der Waals surface area (Å²) in [6, 6.07) is 10.1. The first-order chi connectivity index (χ1) is 8.69. The molecule has 0 spiro atoms. The molecule has 0 amide bonds. The summed E-state index contributed by atoms with van der Waals surface area (Å²) in [5.41, 5.74) is 4.38. The van der Waals surface area contributed by atoms with Crippen molar-refractivity contribution in [3.05, 3.63) is 52.8 Å². The maximum Gasteiger partial charge on any atom is 0.0681 e. The fraction of sp³-hybridized carbons (Fsp3) is 0.357. The molecule has 0 saturated carbocycles. The van der Waals surface area contributed by atoms with E-state index in [-0.39, 0.29) is 6.61 Å². The summed E-state index contributed by atoms with van der Waals surface area (Å²) in [5, 5.41) is 16.7. The molecule has 0 aliphatic heterocycles. The summed E-state index contributed by atoms with van der Waals surface area (Å²) in [5.74, 6) is 0. The Morgan fingerprint density at radius 2 is 1.83 bits per heavy atom. The molecular weight excluding hydrogens is 226 g/mol. The van der Waals surface area contributed by atoms with Gasteiger partial charge in [-0.1, -0.05) is 24.3 Å². The Labute approximate surface area is 107 Å². The molecule has 0 aliphatic rings. The quantitative estimate of drug-likeness (QED) is 0.839. The van der Waals surface area contributed by atoms with Gasteiger partial charge < -0.3 is 10.4 Å². The number of aliphatic hydroxyl groups is 1. The molecule has 2 N–H and O–H groups in total. The molecule has 1 aromatic carbocycles. The Morgan fingerprint density at radius 3 is 2.39 bits per heavy atom. The predicted molar refractivity (Wildman–Crippen MR) is 70.9 cm³/mol. The first-order valence-corrected chi connectivity index (χ1v) is 6.08. The minimum absolute atomic E-state index is 0.0992. The van der Waals surface area contributed by atoms with Crippen LogP contribution in [0.3, 0.4) is 0 Å². The molecule has 2 aromatic rings. The van der Waals surface area contributed by atoms with Gasteiger partial charge >= 0.3 is 0 Å². The van der Waals surface area contributed by atoms with Gasteiger partial charge in [0.05, 0.1) is 18.0 Å². The molecule has 96 valence electrons. The van der Waals surface area contributed by atoms with Gasteiger partial charge in [-0.15, -0.1) is 0 Å². The van der Waals surface area contributed by atoms with Crippen LogP contribution in [-0.2, 0) is 26.7 Å². The van der Waals surface area contributed by atoms with Crippen molar-refractivity contribution in [2.24, 2.45) is 7.05 Å². The van der Waals surface area contributed by atoms with Gasteiger partial charge in [-0.25, -0.2) is 0 Å². The van der Waals surface area contributed by atoms with E-state index >= 15 is 0 Å². The third-order valence-electron chi connectivity index (χ3n) is 2.94. The molecule has 0 fully saturated rings. The highest BCUT2D eigenvalue weighted by Crippen LogP contribution is 2.05. The van der Waals surface area contributed by atoms with Crippen LogP contribution in [0, 0.1) is 6.92 Å². The van der Waals surface area contributed by atoms with Crippen molar-refractivity contribution in [3.8, 4) is 0 Å². The lowest BCUT2D eigenvalue weighted by Crippen LogP contribution is -2.15. The van der Waals surface area contributed by atoms with Gasteiger partial charge in [-0.3, -0.25) is 4.68 Å². The van der Waals surface area contributed by atoms with Gasteiger partial charge in [0.15, 0.2) is 0 Å². The summed E-state index contributed by atoms with van der Waals surface area (Å²) in [7, 11) is 1.96. The Balaban J connectivity index is 1.86. The minimum atomic E-state index is 0.0992. The Bertz CT molecular complexity index is 502. The van der Waals surface area contributed by atoms with Crippen LogP contribution in [0.4, 0.5) is 0 Å². The lowest BCUT2D eigenvalue weighted by molar-refractivity contribution is 0.282. The van der Waals surface area contributed by atoms with Crippen LogP contribution in [0.2, 0.25) is 0 Å². The average Bonchev–Trinajstić information content (AvgIpc) is 2.69. The molecule has 0 atom stereocenters. The van der Waals surface area contributed by atoms with Crippen molar-refractivity contribution < 1.29 is 5.11 Å². The second kappa shape index (κ2) is 5.80. The summed E-state index contributed by atoms with van der Waals surface area (Å²) < 4.78 is 1.90. The van der Waals surface area contributed by atoms with E-state index in [0.717, 1.165) is 24.3 Å². The van der Waals surface area contributed by atoms with E-state index in [0.29, 0.717) is 0 Å². The number of aliphatic hydroxyl groups excluding tert-OH is 1. The van der Waals surface area contributed by atoms with Crippen molar-refractivity contribution in [2.45, 2.75) is 26.6 Å². The molecule has 4 nitrogen and oxygen atoms in total. The van der Waals surface area contributed by atoms with Gasteiger partial charge in [0.2, 0.25) is 0 Å². The first kappa shape index (κ1) is 12.8. The third-order valence-corrected chi connectivity index (χ3v) is 2.94. The molecule has 18 heavy (non-hydrogen) atoms. The lowest BCUT2D eigenvalue weighted by atomic mass is 10.1. The largest absolute Gasteiger partial charge is 0.392 e. The Morgan fingerprint density at radius 1 is 1.17 bits per heavy atom. The summed E-state index contributed by atoms with van der Waals surface area (Å²) >= 11 is 0. The standard InChI is InChI=1S/C14H19N3O/c1-11-7-14(17(2)16-11)9-15-8-12-3-5-13(10-18)6-4-12/h3-7,15,18H,8-10H2,1-2H3. The second-order valence-corrected chi connectivity index (χ2v) is 4.48. The van der Waals surface area contributed by atoms with Crippen molar-refractivity contribution >= 4 is 0 Å². The SMILES string of the molecule is Cc1cc(CNCc2ccc(CO)cc2)n(C)n1. The monoisotopic (exact) mass is 245 g/mol. The van der Waals surface area contributed by atoms with Crippen LogP contribution < -0.4 is 5.32 Å². The number of aromatic nitrogens is 2. The molecule has 2 rings (SSSR count). The number of hydrogen-bond acceptors (Lipinski definition) is 3. The van der Waals surface area contributed by atoms with Crippen molar-refractivity contribution in [1.29, 1.82) is 0 Å². The van der Waals surface area contributed by atoms with Crippen LogP contribution in [-0.4, -0.2) is 14.9 Å². The molecule has 0 saturated heterocycles. The topological polar surface area (TPSA) is 50.1 Å². The molecule has 0 aliphatic carbocycles. The minimum Gasteiger partial charge on any atom is -0.392 e. The summed E-state index contributed by atoms with van der Waals surface area (Å²) in [4.78, 5) is 0.